The largest absolute Gasteiger partial charge is 0.481 e. The second-order valence-electron chi connectivity index (χ2n) is 6.75. The van der Waals surface area contributed by atoms with Gasteiger partial charge in [0.1, 0.15) is 5.82 Å². The van der Waals surface area contributed by atoms with Crippen molar-refractivity contribution in [3.05, 3.63) is 47.7 Å². The molecule has 2 aromatic rings. The third kappa shape index (κ3) is 4.76. The Kier molecular flexibility index (Phi) is 5.62. The number of halogens is 3. The van der Waals surface area contributed by atoms with Gasteiger partial charge in [-0.2, -0.15) is 13.2 Å². The number of hydrogen-bond acceptors (Lipinski definition) is 5. The summed E-state index contributed by atoms with van der Waals surface area (Å²) in [5.74, 6) is -2.79. The summed E-state index contributed by atoms with van der Waals surface area (Å²) in [4.78, 5) is 26.0. The maximum atomic E-state index is 13.4. The topological polar surface area (TPSA) is 112 Å². The molecule has 1 aliphatic rings. The lowest BCUT2D eigenvalue weighted by atomic mass is 10.0. The Morgan fingerprint density at radius 1 is 1.10 bits per heavy atom. The Hall–Kier alpha value is -3.30. The van der Waals surface area contributed by atoms with Gasteiger partial charge in [-0.15, -0.1) is 0 Å². The fraction of sp³-hybridized carbons (Fsp3) is 0.316. The number of alkyl halides is 3. The number of aliphatic carboxylic acids is 1. The molecule has 1 aliphatic carbocycles. The maximum absolute atomic E-state index is 13.4. The number of aromatic nitrogens is 1. The van der Waals surface area contributed by atoms with Crippen LogP contribution in [0, 0.1) is 5.92 Å². The van der Waals surface area contributed by atoms with E-state index in [0.29, 0.717) is 31.1 Å². The van der Waals surface area contributed by atoms with Crippen LogP contribution in [0.4, 0.5) is 30.4 Å². The summed E-state index contributed by atoms with van der Waals surface area (Å²) >= 11 is 0. The zero-order valence-electron chi connectivity index (χ0n) is 15.0. The second kappa shape index (κ2) is 7.98. The molecule has 29 heavy (non-hydrogen) atoms. The van der Waals surface area contributed by atoms with Crippen LogP contribution >= 0.6 is 0 Å². The summed E-state index contributed by atoms with van der Waals surface area (Å²) in [6, 6.07) is 6.19. The molecule has 0 saturated heterocycles. The summed E-state index contributed by atoms with van der Waals surface area (Å²) < 4.78 is 40.2. The van der Waals surface area contributed by atoms with Crippen LogP contribution < -0.4 is 10.6 Å². The number of nitrogens with one attached hydrogen (secondary N) is 2. The number of carboxylic acid groups (broad SMARTS) is 2. The molecule has 10 heteroatoms. The predicted octanol–water partition coefficient (Wildman–Crippen LogP) is 4.21. The smallest absolute Gasteiger partial charge is 0.419 e. The lowest BCUT2D eigenvalue weighted by Crippen LogP contribution is -2.30. The summed E-state index contributed by atoms with van der Waals surface area (Å²) in [5.41, 5.74) is -0.729. The number of anilines is 3. The number of pyridine rings is 1. The quantitative estimate of drug-likeness (QED) is 0.566. The van der Waals surface area contributed by atoms with Crippen molar-refractivity contribution in [2.75, 3.05) is 10.6 Å². The van der Waals surface area contributed by atoms with Gasteiger partial charge in [0.2, 0.25) is 0 Å². The summed E-state index contributed by atoms with van der Waals surface area (Å²) in [6.45, 7) is 0. The van der Waals surface area contributed by atoms with E-state index in [9.17, 15) is 27.9 Å². The number of hydrogen-bond donors (Lipinski definition) is 4. The standard InChI is InChI=1S/C19H18F3N3O4/c20-19(21,22)13-9-23-16(24-11-6-4-10(5-7-11)17(26)27)8-15(13)25-14-3-1-2-12(14)18(28)29/h4-9,12,14H,1-3H2,(H,26,27)(H,28,29)(H2,23,24,25)/t12-,14+/m0/s1. The normalized spacial score (nSPS) is 19.0. The molecule has 0 radical (unpaired) electrons. The van der Waals surface area contributed by atoms with Gasteiger partial charge in [0.05, 0.1) is 22.7 Å². The first-order valence-electron chi connectivity index (χ1n) is 8.82. The van der Waals surface area contributed by atoms with Crippen molar-refractivity contribution >= 4 is 29.1 Å². The fourth-order valence-corrected chi connectivity index (χ4v) is 3.34. The van der Waals surface area contributed by atoms with Gasteiger partial charge in [-0.05, 0) is 37.1 Å². The Labute approximate surface area is 163 Å². The number of carbonyl (C=O) groups is 2. The Bertz CT molecular complexity index is 916. The van der Waals surface area contributed by atoms with Crippen molar-refractivity contribution < 1.29 is 33.0 Å². The highest BCUT2D eigenvalue weighted by atomic mass is 19.4. The van der Waals surface area contributed by atoms with E-state index in [1.54, 1.807) is 0 Å². The van der Waals surface area contributed by atoms with E-state index >= 15 is 0 Å². The number of nitrogens with zero attached hydrogens (tertiary/aromatic N) is 1. The van der Waals surface area contributed by atoms with E-state index in [1.165, 1.54) is 30.3 Å². The molecular weight excluding hydrogens is 391 g/mol. The average molecular weight is 409 g/mol. The number of aromatic carboxylic acids is 1. The monoisotopic (exact) mass is 409 g/mol. The second-order valence-corrected chi connectivity index (χ2v) is 6.75. The van der Waals surface area contributed by atoms with Crippen molar-refractivity contribution in [1.82, 2.24) is 4.98 Å². The van der Waals surface area contributed by atoms with Crippen molar-refractivity contribution in [2.24, 2.45) is 5.92 Å². The van der Waals surface area contributed by atoms with Crippen LogP contribution in [0.3, 0.4) is 0 Å². The van der Waals surface area contributed by atoms with E-state index < -0.39 is 35.6 Å². The van der Waals surface area contributed by atoms with Crippen molar-refractivity contribution in [3.63, 3.8) is 0 Å². The molecule has 154 valence electrons. The predicted molar refractivity (Wildman–Crippen MR) is 98.3 cm³/mol. The molecule has 2 atom stereocenters. The minimum atomic E-state index is -4.66. The highest BCUT2D eigenvalue weighted by molar-refractivity contribution is 5.88. The third-order valence-electron chi connectivity index (χ3n) is 4.79. The van der Waals surface area contributed by atoms with Crippen molar-refractivity contribution in [1.29, 1.82) is 0 Å². The molecule has 1 saturated carbocycles. The molecule has 1 fully saturated rings. The maximum Gasteiger partial charge on any atom is 0.419 e. The van der Waals surface area contributed by atoms with Gasteiger partial charge >= 0.3 is 18.1 Å². The molecule has 0 aliphatic heterocycles. The first-order valence-corrected chi connectivity index (χ1v) is 8.82. The fourth-order valence-electron chi connectivity index (χ4n) is 3.34. The zero-order chi connectivity index (χ0) is 21.2. The van der Waals surface area contributed by atoms with Crippen LogP contribution in [-0.2, 0) is 11.0 Å². The van der Waals surface area contributed by atoms with Gasteiger partial charge in [0.15, 0.2) is 0 Å². The van der Waals surface area contributed by atoms with Crippen LogP contribution in [0.15, 0.2) is 36.5 Å². The summed E-state index contributed by atoms with van der Waals surface area (Å²) in [6.07, 6.45) is -2.51. The van der Waals surface area contributed by atoms with E-state index in [4.69, 9.17) is 5.11 Å². The Morgan fingerprint density at radius 3 is 2.38 bits per heavy atom. The third-order valence-corrected chi connectivity index (χ3v) is 4.79. The molecular formula is C19H18F3N3O4. The van der Waals surface area contributed by atoms with Crippen molar-refractivity contribution in [3.8, 4) is 0 Å². The van der Waals surface area contributed by atoms with E-state index in [1.807, 2.05) is 0 Å². The number of rotatable bonds is 6. The zero-order valence-corrected chi connectivity index (χ0v) is 15.0. The summed E-state index contributed by atoms with van der Waals surface area (Å²) in [5, 5.41) is 23.7. The van der Waals surface area contributed by atoms with E-state index in [-0.39, 0.29) is 17.1 Å². The number of carboxylic acids is 2. The average Bonchev–Trinajstić information content (AvgIpc) is 3.10. The van der Waals surface area contributed by atoms with E-state index in [0.717, 1.165) is 0 Å². The molecule has 0 unspecified atom stereocenters. The lowest BCUT2D eigenvalue weighted by molar-refractivity contribution is -0.141. The van der Waals surface area contributed by atoms with Crippen LogP contribution in [0.5, 0.6) is 0 Å². The molecule has 0 bridgehead atoms. The highest BCUT2D eigenvalue weighted by Gasteiger charge is 2.37. The Balaban J connectivity index is 1.87. The SMILES string of the molecule is O=C(O)c1ccc(Nc2cc(N[C@@H]3CCC[C@@H]3C(=O)O)c(C(F)(F)F)cn2)cc1. The molecule has 4 N–H and O–H groups in total. The first kappa shape index (κ1) is 20.4. The van der Waals surface area contributed by atoms with Gasteiger partial charge in [-0.3, -0.25) is 4.79 Å². The highest BCUT2D eigenvalue weighted by Crippen LogP contribution is 2.38. The van der Waals surface area contributed by atoms with Crippen molar-refractivity contribution in [2.45, 2.75) is 31.5 Å². The van der Waals surface area contributed by atoms with Gasteiger partial charge < -0.3 is 20.8 Å². The summed E-state index contributed by atoms with van der Waals surface area (Å²) in [7, 11) is 0. The molecule has 3 rings (SSSR count). The molecule has 7 nitrogen and oxygen atoms in total. The molecule has 1 aromatic heterocycles. The molecule has 1 aromatic carbocycles. The molecule has 1 heterocycles. The van der Waals surface area contributed by atoms with Gasteiger partial charge in [0, 0.05) is 24.0 Å². The molecule has 0 spiro atoms. The minimum Gasteiger partial charge on any atom is -0.481 e. The first-order chi connectivity index (χ1) is 13.6. The van der Waals surface area contributed by atoms with Crippen LogP contribution in [0.25, 0.3) is 0 Å². The van der Waals surface area contributed by atoms with Crippen LogP contribution in [0.2, 0.25) is 0 Å². The van der Waals surface area contributed by atoms with Crippen LogP contribution in [0.1, 0.15) is 35.2 Å². The Morgan fingerprint density at radius 2 is 1.79 bits per heavy atom. The number of benzene rings is 1. The van der Waals surface area contributed by atoms with Crippen LogP contribution in [-0.4, -0.2) is 33.2 Å². The molecule has 0 amide bonds. The van der Waals surface area contributed by atoms with Gasteiger partial charge in [0.25, 0.3) is 0 Å². The van der Waals surface area contributed by atoms with E-state index in [2.05, 4.69) is 15.6 Å². The van der Waals surface area contributed by atoms with Gasteiger partial charge in [-0.1, -0.05) is 6.42 Å². The minimum absolute atomic E-state index is 0.0687. The lowest BCUT2D eigenvalue weighted by Gasteiger charge is -2.22. The van der Waals surface area contributed by atoms with Gasteiger partial charge in [-0.25, -0.2) is 9.78 Å².